The number of nitrogens with zero attached hydrogens (tertiary/aromatic N) is 2. The number of amides is 1. The van der Waals surface area contributed by atoms with Crippen LogP contribution < -0.4 is 5.73 Å². The van der Waals surface area contributed by atoms with Gasteiger partial charge >= 0.3 is 0 Å². The summed E-state index contributed by atoms with van der Waals surface area (Å²) in [7, 11) is -2.09. The van der Waals surface area contributed by atoms with Gasteiger partial charge in [0.25, 0.3) is 0 Å². The lowest BCUT2D eigenvalue weighted by Gasteiger charge is -2.43. The Kier molecular flexibility index (Phi) is 3.75. The number of piperazine rings is 1. The first-order valence-electron chi connectivity index (χ1n) is 6.72. The molecule has 7 heteroatoms. The summed E-state index contributed by atoms with van der Waals surface area (Å²) in [6, 6.07) is 4.71. The average Bonchev–Trinajstić information content (AvgIpc) is 2.34. The number of hydrogen-bond donors (Lipinski definition) is 1. The number of rotatable bonds is 2. The van der Waals surface area contributed by atoms with Crippen molar-refractivity contribution in [1.29, 1.82) is 0 Å². The van der Waals surface area contributed by atoms with Gasteiger partial charge in [0.05, 0.1) is 4.90 Å². The molecule has 1 aromatic carbocycles. The van der Waals surface area contributed by atoms with Crippen molar-refractivity contribution in [3.63, 3.8) is 0 Å². The van der Waals surface area contributed by atoms with Gasteiger partial charge in [-0.25, -0.2) is 8.42 Å². The van der Waals surface area contributed by atoms with Gasteiger partial charge in [0.1, 0.15) is 5.54 Å². The molecule has 21 heavy (non-hydrogen) atoms. The molecule has 2 rings (SSSR count). The number of nitrogens with two attached hydrogens (primary N) is 1. The highest BCUT2D eigenvalue weighted by Gasteiger charge is 2.46. The number of aryl methyl sites for hydroxylation is 1. The van der Waals surface area contributed by atoms with E-state index >= 15 is 0 Å². The maximum atomic E-state index is 12.9. The monoisotopic (exact) mass is 311 g/mol. The number of carbonyl (C=O) groups is 1. The molecule has 1 amide bonds. The Hall–Kier alpha value is -1.60. The average molecular weight is 311 g/mol. The molecular weight excluding hydrogens is 290 g/mol. The number of sulfonamides is 1. The maximum Gasteiger partial charge on any atom is 0.244 e. The Balaban J connectivity index is 2.51. The van der Waals surface area contributed by atoms with Crippen molar-refractivity contribution >= 4 is 21.6 Å². The minimum Gasteiger partial charge on any atom is -0.399 e. The van der Waals surface area contributed by atoms with E-state index in [1.54, 1.807) is 44.9 Å². The SMILES string of the molecule is Cc1cc(N)cc(S(=O)(=O)N2CCN(C)C(=O)C2(C)C)c1. The van der Waals surface area contributed by atoms with E-state index in [0.29, 0.717) is 12.2 Å². The highest BCUT2D eigenvalue weighted by Crippen LogP contribution is 2.30. The topological polar surface area (TPSA) is 83.7 Å². The van der Waals surface area contributed by atoms with Crippen molar-refractivity contribution in [1.82, 2.24) is 9.21 Å². The van der Waals surface area contributed by atoms with Crippen LogP contribution >= 0.6 is 0 Å². The van der Waals surface area contributed by atoms with Gasteiger partial charge in [0, 0.05) is 25.8 Å². The first-order chi connectivity index (χ1) is 9.56. The molecule has 1 saturated heterocycles. The third-order valence-electron chi connectivity index (χ3n) is 3.79. The Morgan fingerprint density at radius 3 is 2.38 bits per heavy atom. The van der Waals surface area contributed by atoms with E-state index in [0.717, 1.165) is 5.56 Å². The zero-order valence-electron chi connectivity index (χ0n) is 12.8. The predicted molar refractivity (Wildman–Crippen MR) is 81.2 cm³/mol. The Labute approximate surface area is 125 Å². The van der Waals surface area contributed by atoms with Crippen molar-refractivity contribution < 1.29 is 13.2 Å². The van der Waals surface area contributed by atoms with Crippen molar-refractivity contribution in [2.75, 3.05) is 25.9 Å². The molecule has 0 aliphatic carbocycles. The fraction of sp³-hybridized carbons (Fsp3) is 0.500. The molecule has 1 aliphatic rings. The summed E-state index contributed by atoms with van der Waals surface area (Å²) in [4.78, 5) is 13.9. The van der Waals surface area contributed by atoms with E-state index in [9.17, 15) is 13.2 Å². The van der Waals surface area contributed by atoms with Gasteiger partial charge in [-0.2, -0.15) is 4.31 Å². The summed E-state index contributed by atoms with van der Waals surface area (Å²) in [6.45, 7) is 5.69. The molecule has 6 nitrogen and oxygen atoms in total. The molecule has 0 bridgehead atoms. The predicted octanol–water partition coefficient (Wildman–Crippen LogP) is 0.819. The molecule has 1 aliphatic heterocycles. The zero-order valence-corrected chi connectivity index (χ0v) is 13.6. The van der Waals surface area contributed by atoms with Crippen molar-refractivity contribution in [3.8, 4) is 0 Å². The van der Waals surface area contributed by atoms with Crippen LogP contribution in [0.4, 0.5) is 5.69 Å². The number of benzene rings is 1. The second-order valence-electron chi connectivity index (χ2n) is 5.94. The molecule has 1 fully saturated rings. The minimum atomic E-state index is -3.77. The second-order valence-corrected chi connectivity index (χ2v) is 7.80. The number of anilines is 1. The van der Waals surface area contributed by atoms with Crippen LogP contribution in [-0.4, -0.2) is 49.2 Å². The van der Waals surface area contributed by atoms with Crippen molar-refractivity contribution in [3.05, 3.63) is 23.8 Å². The molecule has 0 saturated carbocycles. The van der Waals surface area contributed by atoms with Gasteiger partial charge < -0.3 is 10.6 Å². The van der Waals surface area contributed by atoms with Crippen LogP contribution in [0.1, 0.15) is 19.4 Å². The Morgan fingerprint density at radius 1 is 1.19 bits per heavy atom. The van der Waals surface area contributed by atoms with Crippen LogP contribution in [0.5, 0.6) is 0 Å². The molecule has 2 N–H and O–H groups in total. The molecule has 116 valence electrons. The highest BCUT2D eigenvalue weighted by atomic mass is 32.2. The van der Waals surface area contributed by atoms with E-state index in [2.05, 4.69) is 0 Å². The summed E-state index contributed by atoms with van der Waals surface area (Å²) in [5, 5.41) is 0. The summed E-state index contributed by atoms with van der Waals surface area (Å²) < 4.78 is 27.0. The van der Waals surface area contributed by atoms with Crippen molar-refractivity contribution in [2.24, 2.45) is 0 Å². The Morgan fingerprint density at radius 2 is 1.81 bits per heavy atom. The van der Waals surface area contributed by atoms with Crippen LogP contribution in [0.25, 0.3) is 0 Å². The number of nitrogen functional groups attached to an aromatic ring is 1. The highest BCUT2D eigenvalue weighted by molar-refractivity contribution is 7.89. The zero-order chi connectivity index (χ0) is 16.0. The van der Waals surface area contributed by atoms with Gasteiger partial charge in [-0.1, -0.05) is 0 Å². The summed E-state index contributed by atoms with van der Waals surface area (Å²) in [5.41, 5.74) is 5.80. The smallest absolute Gasteiger partial charge is 0.244 e. The van der Waals surface area contributed by atoms with Gasteiger partial charge in [0.2, 0.25) is 15.9 Å². The van der Waals surface area contributed by atoms with Crippen LogP contribution in [0, 0.1) is 6.92 Å². The molecule has 0 spiro atoms. The molecule has 1 heterocycles. The molecule has 1 aromatic rings. The number of carbonyl (C=O) groups excluding carboxylic acids is 1. The van der Waals surface area contributed by atoms with Crippen molar-refractivity contribution in [2.45, 2.75) is 31.2 Å². The normalized spacial score (nSPS) is 19.8. The van der Waals surface area contributed by atoms with Gasteiger partial charge in [-0.05, 0) is 44.5 Å². The van der Waals surface area contributed by atoms with E-state index in [-0.39, 0.29) is 17.3 Å². The number of hydrogen-bond acceptors (Lipinski definition) is 4. The van der Waals surface area contributed by atoms with Gasteiger partial charge in [-0.15, -0.1) is 0 Å². The minimum absolute atomic E-state index is 0.130. The summed E-state index contributed by atoms with van der Waals surface area (Å²) in [6.07, 6.45) is 0. The van der Waals surface area contributed by atoms with E-state index < -0.39 is 15.6 Å². The van der Waals surface area contributed by atoms with E-state index in [1.807, 2.05) is 0 Å². The largest absolute Gasteiger partial charge is 0.399 e. The van der Waals surface area contributed by atoms with Gasteiger partial charge in [-0.3, -0.25) is 4.79 Å². The fourth-order valence-corrected chi connectivity index (χ4v) is 4.54. The third-order valence-corrected chi connectivity index (χ3v) is 5.84. The molecule has 0 unspecified atom stereocenters. The first-order valence-corrected chi connectivity index (χ1v) is 8.16. The van der Waals surface area contributed by atoms with E-state index in [4.69, 9.17) is 5.73 Å². The Bertz CT molecular complexity index is 662. The standard InChI is InChI=1S/C14H21N3O3S/c1-10-7-11(15)9-12(8-10)21(19,20)17-6-5-16(4)13(18)14(17,2)3/h7-9H,5-6,15H2,1-4H3. The fourth-order valence-electron chi connectivity index (χ4n) is 2.67. The quantitative estimate of drug-likeness (QED) is 0.820. The lowest BCUT2D eigenvalue weighted by Crippen LogP contribution is -2.63. The molecule has 0 aromatic heterocycles. The van der Waals surface area contributed by atoms with Crippen LogP contribution in [0.2, 0.25) is 0 Å². The van der Waals surface area contributed by atoms with Crippen LogP contribution in [0.3, 0.4) is 0 Å². The summed E-state index contributed by atoms with van der Waals surface area (Å²) >= 11 is 0. The number of likely N-dealkylation sites (N-methyl/N-ethyl adjacent to an activating group) is 1. The van der Waals surface area contributed by atoms with Gasteiger partial charge in [0.15, 0.2) is 0 Å². The lowest BCUT2D eigenvalue weighted by atomic mass is 10.0. The summed E-state index contributed by atoms with van der Waals surface area (Å²) in [5.74, 6) is -0.210. The van der Waals surface area contributed by atoms with Crippen LogP contribution in [-0.2, 0) is 14.8 Å². The second kappa shape index (κ2) is 4.99. The third kappa shape index (κ3) is 2.63. The maximum absolute atomic E-state index is 12.9. The molecule has 0 radical (unpaired) electrons. The molecular formula is C14H21N3O3S. The molecule has 0 atom stereocenters. The lowest BCUT2D eigenvalue weighted by molar-refractivity contribution is -0.142. The van der Waals surface area contributed by atoms with E-state index in [1.165, 1.54) is 10.4 Å². The van der Waals surface area contributed by atoms with Crippen LogP contribution in [0.15, 0.2) is 23.1 Å². The first kappa shape index (κ1) is 15.8.